The van der Waals surface area contributed by atoms with Gasteiger partial charge in [-0.25, -0.2) is 4.98 Å². The van der Waals surface area contributed by atoms with Gasteiger partial charge in [0.25, 0.3) is 6.01 Å². The van der Waals surface area contributed by atoms with Crippen LogP contribution in [-0.4, -0.2) is 35.6 Å². The fourth-order valence-electron chi connectivity index (χ4n) is 2.87. The highest BCUT2D eigenvalue weighted by Crippen LogP contribution is 2.36. The zero-order valence-electron chi connectivity index (χ0n) is 13.0. The number of fused-ring (bicyclic) bond motifs is 1. The highest BCUT2D eigenvalue weighted by molar-refractivity contribution is 7.15. The lowest BCUT2D eigenvalue weighted by Crippen LogP contribution is -2.50. The number of anilines is 1. The van der Waals surface area contributed by atoms with E-state index < -0.39 is 0 Å². The zero-order chi connectivity index (χ0) is 16.0. The van der Waals surface area contributed by atoms with E-state index in [9.17, 15) is 0 Å². The summed E-state index contributed by atoms with van der Waals surface area (Å²) in [6.45, 7) is 6.95. The van der Waals surface area contributed by atoms with Crippen molar-refractivity contribution in [3.8, 4) is 10.6 Å². The Morgan fingerprint density at radius 3 is 3.04 bits per heavy atom. The summed E-state index contributed by atoms with van der Waals surface area (Å²) in [7, 11) is 0. The number of benzene rings is 1. The van der Waals surface area contributed by atoms with Gasteiger partial charge in [-0.1, -0.05) is 11.6 Å². The lowest BCUT2D eigenvalue weighted by atomic mass is 10.2. The topological polar surface area (TPSA) is 54.2 Å². The van der Waals surface area contributed by atoms with Crippen molar-refractivity contribution in [2.24, 2.45) is 0 Å². The second kappa shape index (κ2) is 5.78. The molecule has 0 amide bonds. The maximum atomic E-state index is 6.28. The summed E-state index contributed by atoms with van der Waals surface area (Å²) >= 11 is 7.90. The molecule has 1 saturated heterocycles. The molecule has 0 saturated carbocycles. The van der Waals surface area contributed by atoms with Crippen LogP contribution in [0.3, 0.4) is 0 Å². The number of aromatic nitrogens is 2. The molecule has 1 aliphatic heterocycles. The van der Waals surface area contributed by atoms with Gasteiger partial charge < -0.3 is 14.6 Å². The number of rotatable bonds is 2. The minimum atomic E-state index is 0.345. The van der Waals surface area contributed by atoms with Crippen LogP contribution < -0.4 is 10.2 Å². The first-order chi connectivity index (χ1) is 11.1. The molecule has 5 nitrogen and oxygen atoms in total. The number of aryl methyl sites for hydroxylation is 1. The quantitative estimate of drug-likeness (QED) is 0.765. The van der Waals surface area contributed by atoms with E-state index in [1.807, 2.05) is 25.3 Å². The van der Waals surface area contributed by atoms with E-state index in [-0.39, 0.29) is 0 Å². The van der Waals surface area contributed by atoms with Gasteiger partial charge in [-0.3, -0.25) is 0 Å². The summed E-state index contributed by atoms with van der Waals surface area (Å²) in [5.41, 5.74) is 2.44. The highest BCUT2D eigenvalue weighted by Gasteiger charge is 2.24. The normalized spacial score (nSPS) is 18.7. The summed E-state index contributed by atoms with van der Waals surface area (Å²) in [5, 5.41) is 4.93. The molecule has 2 aromatic heterocycles. The Morgan fingerprint density at radius 1 is 1.43 bits per heavy atom. The monoisotopic (exact) mass is 348 g/mol. The largest absolute Gasteiger partial charge is 0.423 e. The molecular formula is C16H17ClN4OS. The Kier molecular flexibility index (Phi) is 3.75. The third-order valence-electron chi connectivity index (χ3n) is 4.04. The molecule has 3 heterocycles. The third kappa shape index (κ3) is 2.71. The van der Waals surface area contributed by atoms with Gasteiger partial charge in [0.15, 0.2) is 5.58 Å². The molecule has 4 rings (SSSR count). The molecule has 120 valence electrons. The van der Waals surface area contributed by atoms with Gasteiger partial charge in [-0.2, -0.15) is 4.98 Å². The van der Waals surface area contributed by atoms with Crippen LogP contribution in [0.4, 0.5) is 6.01 Å². The molecule has 1 aliphatic rings. The molecule has 0 bridgehead atoms. The molecule has 1 fully saturated rings. The van der Waals surface area contributed by atoms with Crippen LogP contribution in [0.25, 0.3) is 21.7 Å². The molecule has 1 unspecified atom stereocenters. The van der Waals surface area contributed by atoms with E-state index in [1.165, 1.54) is 0 Å². The molecular weight excluding hydrogens is 332 g/mol. The molecule has 0 radical (unpaired) electrons. The van der Waals surface area contributed by atoms with Gasteiger partial charge in [0.1, 0.15) is 10.5 Å². The van der Waals surface area contributed by atoms with E-state index in [2.05, 4.69) is 27.1 Å². The van der Waals surface area contributed by atoms with Gasteiger partial charge in [0, 0.05) is 41.8 Å². The first-order valence-electron chi connectivity index (χ1n) is 7.62. The summed E-state index contributed by atoms with van der Waals surface area (Å²) in [6, 6.07) is 4.75. The van der Waals surface area contributed by atoms with Crippen LogP contribution in [0.15, 0.2) is 22.7 Å². The van der Waals surface area contributed by atoms with Crippen molar-refractivity contribution in [1.82, 2.24) is 15.3 Å². The van der Waals surface area contributed by atoms with Crippen LogP contribution in [0.5, 0.6) is 0 Å². The van der Waals surface area contributed by atoms with Gasteiger partial charge in [-0.05, 0) is 26.0 Å². The lowest BCUT2D eigenvalue weighted by Gasteiger charge is -2.32. The molecule has 23 heavy (non-hydrogen) atoms. The van der Waals surface area contributed by atoms with Gasteiger partial charge in [0.05, 0.1) is 5.56 Å². The number of oxazole rings is 1. The van der Waals surface area contributed by atoms with E-state index >= 15 is 0 Å². The number of nitrogens with zero attached hydrogens (tertiary/aromatic N) is 3. The molecule has 0 spiro atoms. The Morgan fingerprint density at radius 2 is 2.30 bits per heavy atom. The minimum Gasteiger partial charge on any atom is -0.423 e. The molecule has 1 atom stereocenters. The van der Waals surface area contributed by atoms with E-state index in [0.717, 1.165) is 46.2 Å². The average molecular weight is 349 g/mol. The highest BCUT2D eigenvalue weighted by atomic mass is 35.5. The number of piperazine rings is 1. The van der Waals surface area contributed by atoms with Gasteiger partial charge in [-0.15, -0.1) is 11.3 Å². The van der Waals surface area contributed by atoms with Crippen molar-refractivity contribution in [2.75, 3.05) is 24.5 Å². The summed E-state index contributed by atoms with van der Waals surface area (Å²) < 4.78 is 6.12. The second-order valence-corrected chi connectivity index (χ2v) is 7.49. The molecule has 3 aromatic rings. The molecule has 1 aromatic carbocycles. The maximum absolute atomic E-state index is 6.28. The Balaban J connectivity index is 1.84. The molecule has 0 aliphatic carbocycles. The van der Waals surface area contributed by atoms with Crippen molar-refractivity contribution >= 4 is 40.1 Å². The van der Waals surface area contributed by atoms with Crippen molar-refractivity contribution < 1.29 is 4.42 Å². The SMILES string of the molecule is Cc1cnc(-c2cc(Cl)cc3nc(N4CCNCC4C)oc23)s1. The van der Waals surface area contributed by atoms with Gasteiger partial charge >= 0.3 is 0 Å². The first-order valence-corrected chi connectivity index (χ1v) is 8.81. The molecule has 7 heteroatoms. The zero-order valence-corrected chi connectivity index (χ0v) is 14.5. The third-order valence-corrected chi connectivity index (χ3v) is 5.21. The van der Waals surface area contributed by atoms with E-state index in [1.54, 1.807) is 11.3 Å². The Hall–Kier alpha value is -1.63. The number of hydrogen-bond acceptors (Lipinski definition) is 6. The lowest BCUT2D eigenvalue weighted by molar-refractivity contribution is 0.456. The van der Waals surface area contributed by atoms with Crippen LogP contribution in [0.1, 0.15) is 11.8 Å². The second-order valence-electron chi connectivity index (χ2n) is 5.82. The first kappa shape index (κ1) is 14.9. The van der Waals surface area contributed by atoms with Crippen molar-refractivity contribution in [3.05, 3.63) is 28.2 Å². The molecule has 1 N–H and O–H groups in total. The van der Waals surface area contributed by atoms with E-state index in [0.29, 0.717) is 17.1 Å². The van der Waals surface area contributed by atoms with Crippen LogP contribution >= 0.6 is 22.9 Å². The maximum Gasteiger partial charge on any atom is 0.298 e. The standard InChI is InChI=1S/C16H17ClN4OS/c1-9-7-18-3-4-21(9)16-20-13-6-11(17)5-12(14(13)22-16)15-19-8-10(2)23-15/h5-6,8-9,18H,3-4,7H2,1-2H3. The van der Waals surface area contributed by atoms with Crippen molar-refractivity contribution in [3.63, 3.8) is 0 Å². The minimum absolute atomic E-state index is 0.345. The number of hydrogen-bond donors (Lipinski definition) is 1. The predicted molar refractivity (Wildman–Crippen MR) is 94.5 cm³/mol. The number of nitrogens with one attached hydrogen (secondary N) is 1. The van der Waals surface area contributed by atoms with Crippen LogP contribution in [0.2, 0.25) is 5.02 Å². The summed E-state index contributed by atoms with van der Waals surface area (Å²) in [4.78, 5) is 12.5. The fourth-order valence-corrected chi connectivity index (χ4v) is 3.86. The van der Waals surface area contributed by atoms with Crippen molar-refractivity contribution in [1.29, 1.82) is 0 Å². The Bertz CT molecular complexity index is 859. The average Bonchev–Trinajstić information content (AvgIpc) is 3.13. The van der Waals surface area contributed by atoms with E-state index in [4.69, 9.17) is 16.0 Å². The fraction of sp³-hybridized carbons (Fsp3) is 0.375. The van der Waals surface area contributed by atoms with Crippen molar-refractivity contribution in [2.45, 2.75) is 19.9 Å². The van der Waals surface area contributed by atoms with Crippen LogP contribution in [-0.2, 0) is 0 Å². The van der Waals surface area contributed by atoms with Crippen LogP contribution in [0, 0.1) is 6.92 Å². The Labute approximate surface area is 143 Å². The number of halogens is 1. The smallest absolute Gasteiger partial charge is 0.298 e. The van der Waals surface area contributed by atoms with Gasteiger partial charge in [0.2, 0.25) is 0 Å². The predicted octanol–water partition coefficient (Wildman–Crippen LogP) is 3.71. The summed E-state index contributed by atoms with van der Waals surface area (Å²) in [5.74, 6) is 0. The number of thiazole rings is 1. The summed E-state index contributed by atoms with van der Waals surface area (Å²) in [6.07, 6.45) is 1.86.